The van der Waals surface area contributed by atoms with Crippen LogP contribution in [-0.2, 0) is 0 Å². The largest absolute Gasteiger partial charge is 0.390 e. The molecule has 0 aliphatic heterocycles. The van der Waals surface area contributed by atoms with E-state index < -0.39 is 18.6 Å². The van der Waals surface area contributed by atoms with Gasteiger partial charge >= 0.3 is 0 Å². The van der Waals surface area contributed by atoms with Crippen molar-refractivity contribution >= 4 is 12.4 Å². The maximum atomic E-state index is 13.3. The van der Waals surface area contributed by atoms with Crippen molar-refractivity contribution in [2.24, 2.45) is 5.73 Å². The summed E-state index contributed by atoms with van der Waals surface area (Å²) < 4.78 is 26.6. The van der Waals surface area contributed by atoms with Crippen molar-refractivity contribution in [3.63, 3.8) is 0 Å². The van der Waals surface area contributed by atoms with Gasteiger partial charge in [0, 0.05) is 0 Å². The van der Waals surface area contributed by atoms with E-state index in [1.807, 2.05) is 30.3 Å². The third-order valence-electron chi connectivity index (χ3n) is 3.04. The fraction of sp³-hybridized carbons (Fsp3) is 0.200. The molecule has 2 nitrogen and oxygen atoms in total. The van der Waals surface area contributed by atoms with Crippen molar-refractivity contribution < 1.29 is 13.9 Å². The quantitative estimate of drug-likeness (QED) is 0.909. The smallest absolute Gasteiger partial charge is 0.289 e. The van der Waals surface area contributed by atoms with Crippen molar-refractivity contribution in [1.82, 2.24) is 0 Å². The van der Waals surface area contributed by atoms with Gasteiger partial charge in [0.25, 0.3) is 5.92 Å². The summed E-state index contributed by atoms with van der Waals surface area (Å²) in [5.74, 6) is -3.31. The molecule has 0 unspecified atom stereocenters. The van der Waals surface area contributed by atoms with Gasteiger partial charge in [0.2, 0.25) is 0 Å². The molecule has 0 bridgehead atoms. The fourth-order valence-electron chi connectivity index (χ4n) is 1.86. The molecule has 0 fully saturated rings. The molecule has 0 aliphatic carbocycles. The summed E-state index contributed by atoms with van der Waals surface area (Å²) in [4.78, 5) is 0. The summed E-state index contributed by atoms with van der Waals surface area (Å²) in [6.45, 7) is -1.26. The molecule has 0 saturated carbocycles. The van der Waals surface area contributed by atoms with Crippen LogP contribution in [0, 0.1) is 0 Å². The molecule has 1 atom stereocenters. The Hall–Kier alpha value is -1.49. The zero-order chi connectivity index (χ0) is 13.9. The molecule has 2 aromatic rings. The van der Waals surface area contributed by atoms with Crippen molar-refractivity contribution in [3.05, 3.63) is 60.2 Å². The maximum Gasteiger partial charge on any atom is 0.289 e. The highest BCUT2D eigenvalue weighted by atomic mass is 35.5. The van der Waals surface area contributed by atoms with Gasteiger partial charge in [-0.05, 0) is 16.7 Å². The summed E-state index contributed by atoms with van der Waals surface area (Å²) in [7, 11) is 0. The van der Waals surface area contributed by atoms with Crippen molar-refractivity contribution in [2.45, 2.75) is 12.0 Å². The molecule has 5 heteroatoms. The molecule has 3 N–H and O–H groups in total. The summed E-state index contributed by atoms with van der Waals surface area (Å²) in [6, 6.07) is 14.7. The molecule has 20 heavy (non-hydrogen) atoms. The Morgan fingerprint density at radius 1 is 0.950 bits per heavy atom. The minimum atomic E-state index is -3.31. The Morgan fingerprint density at radius 3 is 1.95 bits per heavy atom. The molecule has 0 heterocycles. The predicted octanol–water partition coefficient (Wildman–Crippen LogP) is 3.40. The number of benzene rings is 2. The fourth-order valence-corrected chi connectivity index (χ4v) is 1.86. The summed E-state index contributed by atoms with van der Waals surface area (Å²) in [5, 5.41) is 8.63. The van der Waals surface area contributed by atoms with Crippen LogP contribution in [0.4, 0.5) is 8.78 Å². The zero-order valence-corrected chi connectivity index (χ0v) is 11.5. The third-order valence-corrected chi connectivity index (χ3v) is 3.04. The lowest BCUT2D eigenvalue weighted by Crippen LogP contribution is -2.36. The molecule has 2 aromatic carbocycles. The maximum absolute atomic E-state index is 13.3. The number of alkyl halides is 2. The Labute approximate surface area is 122 Å². The lowest BCUT2D eigenvalue weighted by Gasteiger charge is -2.21. The van der Waals surface area contributed by atoms with Crippen molar-refractivity contribution in [1.29, 1.82) is 0 Å². The first kappa shape index (κ1) is 16.6. The highest BCUT2D eigenvalue weighted by Gasteiger charge is 2.37. The van der Waals surface area contributed by atoms with E-state index in [9.17, 15) is 8.78 Å². The minimum absolute atomic E-state index is 0. The van der Waals surface area contributed by atoms with Crippen LogP contribution >= 0.6 is 12.4 Å². The van der Waals surface area contributed by atoms with E-state index in [1.165, 1.54) is 0 Å². The standard InChI is InChI=1S/C15H15F2NO.ClH/c16-15(17,10-19)14(18)13-8-6-12(7-9-13)11-4-2-1-3-5-11;/h1-9,14,19H,10,18H2;1H/t14-;/m0./s1. The van der Waals surface area contributed by atoms with E-state index in [4.69, 9.17) is 10.8 Å². The predicted molar refractivity (Wildman–Crippen MR) is 78.1 cm³/mol. The van der Waals surface area contributed by atoms with Gasteiger partial charge in [-0.2, -0.15) is 0 Å². The number of nitrogens with two attached hydrogens (primary N) is 1. The van der Waals surface area contributed by atoms with Gasteiger partial charge in [0.05, 0.1) is 6.04 Å². The first-order valence-corrected chi connectivity index (χ1v) is 5.94. The first-order valence-electron chi connectivity index (χ1n) is 5.94. The number of aliphatic hydroxyl groups excluding tert-OH is 1. The zero-order valence-electron chi connectivity index (χ0n) is 10.7. The second-order valence-electron chi connectivity index (χ2n) is 4.38. The molecule has 0 radical (unpaired) electrons. The lowest BCUT2D eigenvalue weighted by atomic mass is 9.98. The van der Waals surface area contributed by atoms with E-state index >= 15 is 0 Å². The Kier molecular flexibility index (Phi) is 5.62. The minimum Gasteiger partial charge on any atom is -0.390 e. The average Bonchev–Trinajstić information content (AvgIpc) is 2.47. The molecule has 0 spiro atoms. The number of hydrogen-bond acceptors (Lipinski definition) is 2. The van der Waals surface area contributed by atoms with E-state index in [0.717, 1.165) is 11.1 Å². The normalized spacial score (nSPS) is 12.6. The van der Waals surface area contributed by atoms with Crippen LogP contribution in [0.15, 0.2) is 54.6 Å². The number of halogens is 3. The van der Waals surface area contributed by atoms with Gasteiger partial charge in [-0.3, -0.25) is 0 Å². The highest BCUT2D eigenvalue weighted by molar-refractivity contribution is 5.85. The monoisotopic (exact) mass is 299 g/mol. The van der Waals surface area contributed by atoms with Crippen LogP contribution in [0.1, 0.15) is 11.6 Å². The van der Waals surface area contributed by atoms with Crippen LogP contribution in [0.25, 0.3) is 11.1 Å². The van der Waals surface area contributed by atoms with E-state index in [1.54, 1.807) is 24.3 Å². The molecule has 0 saturated heterocycles. The van der Waals surface area contributed by atoms with Gasteiger partial charge in [0.1, 0.15) is 6.61 Å². The van der Waals surface area contributed by atoms with Gasteiger partial charge < -0.3 is 10.8 Å². The third kappa shape index (κ3) is 3.54. The van der Waals surface area contributed by atoms with Crippen LogP contribution in [0.5, 0.6) is 0 Å². The van der Waals surface area contributed by atoms with E-state index in [-0.39, 0.29) is 12.4 Å². The summed E-state index contributed by atoms with van der Waals surface area (Å²) >= 11 is 0. The van der Waals surface area contributed by atoms with Gasteiger partial charge in [-0.25, -0.2) is 8.78 Å². The second-order valence-corrected chi connectivity index (χ2v) is 4.38. The Balaban J connectivity index is 0.00000200. The van der Waals surface area contributed by atoms with Crippen molar-refractivity contribution in [3.8, 4) is 11.1 Å². The van der Waals surface area contributed by atoms with E-state index in [0.29, 0.717) is 5.56 Å². The number of aliphatic hydroxyl groups is 1. The van der Waals surface area contributed by atoms with Crippen molar-refractivity contribution in [2.75, 3.05) is 6.61 Å². The van der Waals surface area contributed by atoms with Crippen LogP contribution < -0.4 is 5.73 Å². The Morgan fingerprint density at radius 2 is 1.45 bits per heavy atom. The first-order chi connectivity index (χ1) is 9.04. The average molecular weight is 300 g/mol. The molecule has 0 amide bonds. The second kappa shape index (κ2) is 6.79. The Bertz CT molecular complexity index is 531. The molecule has 108 valence electrons. The lowest BCUT2D eigenvalue weighted by molar-refractivity contribution is -0.0711. The molecular weight excluding hydrogens is 284 g/mol. The molecular formula is C15H16ClF2NO. The van der Waals surface area contributed by atoms with Crippen LogP contribution in [-0.4, -0.2) is 17.6 Å². The topological polar surface area (TPSA) is 46.2 Å². The molecule has 0 aliphatic rings. The van der Waals surface area contributed by atoms with E-state index in [2.05, 4.69) is 0 Å². The van der Waals surface area contributed by atoms with Gasteiger partial charge in [0.15, 0.2) is 0 Å². The highest BCUT2D eigenvalue weighted by Crippen LogP contribution is 2.30. The number of rotatable bonds is 4. The van der Waals surface area contributed by atoms with Gasteiger partial charge in [-0.15, -0.1) is 12.4 Å². The molecule has 0 aromatic heterocycles. The number of hydrogen-bond donors (Lipinski definition) is 2. The van der Waals surface area contributed by atoms with Crippen LogP contribution in [0.3, 0.4) is 0 Å². The van der Waals surface area contributed by atoms with Gasteiger partial charge in [-0.1, -0.05) is 54.6 Å². The SMILES string of the molecule is Cl.N[C@@H](c1ccc(-c2ccccc2)cc1)C(F)(F)CO. The van der Waals surface area contributed by atoms with Crippen LogP contribution in [0.2, 0.25) is 0 Å². The summed E-state index contributed by atoms with van der Waals surface area (Å²) in [5.41, 5.74) is 7.71. The summed E-state index contributed by atoms with van der Waals surface area (Å²) in [6.07, 6.45) is 0. The molecule has 2 rings (SSSR count).